The number of carboxylic acid groups (broad SMARTS) is 1. The van der Waals surface area contributed by atoms with Crippen molar-refractivity contribution >= 4 is 5.97 Å². The number of carboxylic acids is 1. The van der Waals surface area contributed by atoms with E-state index in [1.165, 1.54) is 25.7 Å². The van der Waals surface area contributed by atoms with Gasteiger partial charge in [0.15, 0.2) is 0 Å². The summed E-state index contributed by atoms with van der Waals surface area (Å²) in [6.45, 7) is 0.310. The van der Waals surface area contributed by atoms with Crippen molar-refractivity contribution < 1.29 is 19.4 Å². The van der Waals surface area contributed by atoms with E-state index in [4.69, 9.17) is 14.6 Å². The predicted molar refractivity (Wildman–Crippen MR) is 69.4 cm³/mol. The Bertz CT molecular complexity index is 230. The predicted octanol–water partition coefficient (Wildman–Crippen LogP) is 3.20. The van der Waals surface area contributed by atoms with Gasteiger partial charge >= 0.3 is 5.97 Å². The van der Waals surface area contributed by atoms with Crippen LogP contribution in [0.3, 0.4) is 0 Å². The molecule has 0 heterocycles. The molecule has 4 nitrogen and oxygen atoms in total. The topological polar surface area (TPSA) is 55.8 Å². The van der Waals surface area contributed by atoms with Gasteiger partial charge in [-0.3, -0.25) is 4.79 Å². The Morgan fingerprint density at radius 1 is 1.17 bits per heavy atom. The van der Waals surface area contributed by atoms with Crippen molar-refractivity contribution in [2.75, 3.05) is 13.9 Å². The lowest BCUT2D eigenvalue weighted by atomic mass is 9.88. The van der Waals surface area contributed by atoms with E-state index in [-0.39, 0.29) is 18.4 Å². The third-order valence-corrected chi connectivity index (χ3v) is 3.62. The van der Waals surface area contributed by atoms with Crippen LogP contribution in [0.15, 0.2) is 0 Å². The summed E-state index contributed by atoms with van der Waals surface area (Å²) < 4.78 is 10.6. The highest BCUT2D eigenvalue weighted by molar-refractivity contribution is 5.67. The smallest absolute Gasteiger partial charge is 0.303 e. The molecule has 18 heavy (non-hydrogen) atoms. The van der Waals surface area contributed by atoms with Crippen molar-refractivity contribution in [2.45, 2.75) is 63.9 Å². The fourth-order valence-corrected chi connectivity index (χ4v) is 2.69. The highest BCUT2D eigenvalue weighted by Crippen LogP contribution is 2.25. The van der Waals surface area contributed by atoms with Gasteiger partial charge in [-0.25, -0.2) is 0 Å². The summed E-state index contributed by atoms with van der Waals surface area (Å²) in [5.41, 5.74) is 0. The van der Waals surface area contributed by atoms with Crippen LogP contribution in [0.1, 0.15) is 57.8 Å². The first-order valence-electron chi connectivity index (χ1n) is 7.04. The summed E-state index contributed by atoms with van der Waals surface area (Å²) >= 11 is 0. The van der Waals surface area contributed by atoms with Gasteiger partial charge in [0.2, 0.25) is 0 Å². The first-order chi connectivity index (χ1) is 8.72. The Hall–Kier alpha value is -0.610. The van der Waals surface area contributed by atoms with Crippen molar-refractivity contribution in [1.29, 1.82) is 0 Å². The first kappa shape index (κ1) is 15.4. The van der Waals surface area contributed by atoms with Gasteiger partial charge in [0.25, 0.3) is 0 Å². The van der Waals surface area contributed by atoms with E-state index < -0.39 is 5.97 Å². The molecule has 1 fully saturated rings. The Kier molecular flexibility index (Phi) is 8.01. The summed E-state index contributed by atoms with van der Waals surface area (Å²) in [6, 6.07) is 0. The molecular formula is C14H26O4. The molecule has 1 saturated carbocycles. The highest BCUT2D eigenvalue weighted by atomic mass is 16.7. The van der Waals surface area contributed by atoms with Crippen LogP contribution in [0.4, 0.5) is 0 Å². The molecule has 2 atom stereocenters. The second-order valence-corrected chi connectivity index (χ2v) is 5.24. The van der Waals surface area contributed by atoms with Gasteiger partial charge in [-0.1, -0.05) is 32.1 Å². The fourth-order valence-electron chi connectivity index (χ4n) is 2.69. The maximum atomic E-state index is 10.9. The Balaban J connectivity index is 2.47. The quantitative estimate of drug-likeness (QED) is 0.769. The maximum Gasteiger partial charge on any atom is 0.303 e. The Morgan fingerprint density at radius 3 is 2.50 bits per heavy atom. The minimum atomic E-state index is -0.692. The maximum absolute atomic E-state index is 10.9. The normalized spacial score (nSPS) is 26.7. The van der Waals surface area contributed by atoms with Crippen molar-refractivity contribution in [1.82, 2.24) is 0 Å². The van der Waals surface area contributed by atoms with E-state index >= 15 is 0 Å². The highest BCUT2D eigenvalue weighted by Gasteiger charge is 2.20. The number of methoxy groups -OCH3 is 1. The summed E-state index contributed by atoms with van der Waals surface area (Å²) in [4.78, 5) is 10.9. The summed E-state index contributed by atoms with van der Waals surface area (Å²) in [5, 5.41) is 8.95. The van der Waals surface area contributed by atoms with Gasteiger partial charge < -0.3 is 14.6 Å². The van der Waals surface area contributed by atoms with Gasteiger partial charge in [-0.05, 0) is 25.2 Å². The third-order valence-electron chi connectivity index (χ3n) is 3.62. The molecule has 0 spiro atoms. The molecule has 0 aliphatic heterocycles. The van der Waals surface area contributed by atoms with Crippen LogP contribution in [0.5, 0.6) is 0 Å². The third kappa shape index (κ3) is 6.97. The molecule has 0 amide bonds. The van der Waals surface area contributed by atoms with E-state index in [1.807, 2.05) is 0 Å². The molecule has 1 rings (SSSR count). The molecule has 1 N–H and O–H groups in total. The van der Waals surface area contributed by atoms with Gasteiger partial charge in [-0.2, -0.15) is 0 Å². The zero-order chi connectivity index (χ0) is 13.2. The number of carbonyl (C=O) groups is 1. The summed E-state index contributed by atoms with van der Waals surface area (Å²) in [5.74, 6) is -0.440. The zero-order valence-corrected chi connectivity index (χ0v) is 11.4. The minimum absolute atomic E-state index is 0.160. The lowest BCUT2D eigenvalue weighted by molar-refractivity contribution is -0.138. The number of hydrogen-bond donors (Lipinski definition) is 1. The second kappa shape index (κ2) is 9.34. The molecule has 4 heteroatoms. The molecule has 0 aromatic carbocycles. The average molecular weight is 258 g/mol. The van der Waals surface area contributed by atoms with Gasteiger partial charge in [0, 0.05) is 13.5 Å². The largest absolute Gasteiger partial charge is 0.481 e. The second-order valence-electron chi connectivity index (χ2n) is 5.24. The van der Waals surface area contributed by atoms with Gasteiger partial charge in [0.1, 0.15) is 6.79 Å². The number of aliphatic carboxylic acids is 1. The van der Waals surface area contributed by atoms with Crippen molar-refractivity contribution in [3.63, 3.8) is 0 Å². The molecule has 0 aromatic heterocycles. The SMILES string of the molecule is COCOC1CCCCCCCC(CC(=O)O)C1. The molecule has 0 aromatic rings. The van der Waals surface area contributed by atoms with E-state index in [1.54, 1.807) is 7.11 Å². The number of rotatable bonds is 5. The first-order valence-corrected chi connectivity index (χ1v) is 7.04. The molecule has 1 aliphatic carbocycles. The molecular weight excluding hydrogens is 232 g/mol. The van der Waals surface area contributed by atoms with E-state index in [0.717, 1.165) is 25.7 Å². The number of hydrogen-bond acceptors (Lipinski definition) is 3. The molecule has 106 valence electrons. The fraction of sp³-hybridized carbons (Fsp3) is 0.929. The van der Waals surface area contributed by atoms with Crippen molar-refractivity contribution in [3.05, 3.63) is 0 Å². The Morgan fingerprint density at radius 2 is 1.83 bits per heavy atom. The summed E-state index contributed by atoms with van der Waals surface area (Å²) in [7, 11) is 1.62. The van der Waals surface area contributed by atoms with Crippen LogP contribution < -0.4 is 0 Å². The number of ether oxygens (including phenoxy) is 2. The van der Waals surface area contributed by atoms with Gasteiger partial charge in [0.05, 0.1) is 6.10 Å². The zero-order valence-electron chi connectivity index (χ0n) is 11.4. The van der Waals surface area contributed by atoms with Gasteiger partial charge in [-0.15, -0.1) is 0 Å². The lowest BCUT2D eigenvalue weighted by Gasteiger charge is -2.24. The average Bonchev–Trinajstić information content (AvgIpc) is 2.33. The molecule has 1 aliphatic rings. The summed E-state index contributed by atoms with van der Waals surface area (Å²) in [6.07, 6.45) is 9.41. The van der Waals surface area contributed by atoms with E-state index in [2.05, 4.69) is 0 Å². The van der Waals surface area contributed by atoms with Crippen LogP contribution in [0.2, 0.25) is 0 Å². The molecule has 0 saturated heterocycles. The molecule has 0 bridgehead atoms. The molecule has 0 radical (unpaired) electrons. The molecule has 2 unspecified atom stereocenters. The minimum Gasteiger partial charge on any atom is -0.481 e. The monoisotopic (exact) mass is 258 g/mol. The van der Waals surface area contributed by atoms with Crippen LogP contribution in [0, 0.1) is 5.92 Å². The van der Waals surface area contributed by atoms with E-state index in [0.29, 0.717) is 6.79 Å². The van der Waals surface area contributed by atoms with Crippen LogP contribution >= 0.6 is 0 Å². The lowest BCUT2D eigenvalue weighted by Crippen LogP contribution is -2.21. The van der Waals surface area contributed by atoms with Crippen LogP contribution in [0.25, 0.3) is 0 Å². The Labute approximate surface area is 110 Å². The van der Waals surface area contributed by atoms with Crippen LogP contribution in [-0.4, -0.2) is 31.1 Å². The van der Waals surface area contributed by atoms with E-state index in [9.17, 15) is 4.79 Å². The van der Waals surface area contributed by atoms with Crippen molar-refractivity contribution in [3.8, 4) is 0 Å². The van der Waals surface area contributed by atoms with Crippen molar-refractivity contribution in [2.24, 2.45) is 5.92 Å². The van der Waals surface area contributed by atoms with Crippen LogP contribution in [-0.2, 0) is 14.3 Å². The standard InChI is InChI=1S/C14H26O4/c1-17-11-18-13-8-6-4-2-3-5-7-12(9-13)10-14(15)16/h12-13H,2-11H2,1H3,(H,15,16).